The first-order valence-corrected chi connectivity index (χ1v) is 17.3. The Labute approximate surface area is 248 Å². The maximum absolute atomic E-state index is 12.6. The van der Waals surface area contributed by atoms with Crippen molar-refractivity contribution in [1.82, 2.24) is 4.90 Å². The predicted octanol–water partition coefficient (Wildman–Crippen LogP) is 8.77. The van der Waals surface area contributed by atoms with Gasteiger partial charge in [0.05, 0.1) is 13.2 Å². The lowest BCUT2D eigenvalue weighted by molar-refractivity contribution is -0.150. The molecule has 0 spiro atoms. The highest BCUT2D eigenvalue weighted by atomic mass is 16.5. The normalized spacial score (nSPS) is 11.4. The van der Waals surface area contributed by atoms with Crippen LogP contribution in [0.4, 0.5) is 0 Å². The number of nitrogens with zero attached hydrogens (tertiary/aromatic N) is 1. The lowest BCUT2D eigenvalue weighted by Crippen LogP contribution is -2.29. The fourth-order valence-electron chi connectivity index (χ4n) is 5.13. The number of aliphatic hydroxyl groups is 1. The van der Waals surface area contributed by atoms with Gasteiger partial charge in [0, 0.05) is 19.4 Å². The predicted molar refractivity (Wildman–Crippen MR) is 168 cm³/mol. The van der Waals surface area contributed by atoms with E-state index in [4.69, 9.17) is 9.47 Å². The first kappa shape index (κ1) is 38.9. The van der Waals surface area contributed by atoms with Gasteiger partial charge in [0.2, 0.25) is 0 Å². The van der Waals surface area contributed by atoms with E-state index in [0.29, 0.717) is 26.0 Å². The van der Waals surface area contributed by atoms with Gasteiger partial charge < -0.3 is 19.5 Å². The highest BCUT2D eigenvalue weighted by Crippen LogP contribution is 2.18. The number of hydrogen-bond acceptors (Lipinski definition) is 6. The van der Waals surface area contributed by atoms with Crippen LogP contribution in [0.15, 0.2) is 0 Å². The lowest BCUT2D eigenvalue weighted by Gasteiger charge is -2.21. The third-order valence-corrected chi connectivity index (χ3v) is 7.70. The van der Waals surface area contributed by atoms with Gasteiger partial charge in [-0.15, -0.1) is 0 Å². The molecule has 0 aromatic rings. The summed E-state index contributed by atoms with van der Waals surface area (Å²) < 4.78 is 11.2. The SMILES string of the molecule is CCCCCCCCC(CCCCCCCC)OC(=O)CCCCCN(CCO)CCCC(=O)OCCCCC. The number of carbonyl (C=O) groups is 2. The summed E-state index contributed by atoms with van der Waals surface area (Å²) in [6.45, 7) is 9.54. The number of hydrogen-bond donors (Lipinski definition) is 1. The molecule has 0 saturated carbocycles. The summed E-state index contributed by atoms with van der Waals surface area (Å²) in [6.07, 6.45) is 24.9. The summed E-state index contributed by atoms with van der Waals surface area (Å²) in [5, 5.41) is 9.41. The number of unbranched alkanes of at least 4 members (excludes halogenated alkanes) is 14. The molecule has 1 N–H and O–H groups in total. The van der Waals surface area contributed by atoms with E-state index in [0.717, 1.165) is 83.7 Å². The van der Waals surface area contributed by atoms with Gasteiger partial charge >= 0.3 is 11.9 Å². The molecule has 0 amide bonds. The zero-order valence-electron chi connectivity index (χ0n) is 26.9. The molecule has 0 heterocycles. The van der Waals surface area contributed by atoms with Gasteiger partial charge in [-0.25, -0.2) is 0 Å². The molecule has 0 radical (unpaired) electrons. The van der Waals surface area contributed by atoms with E-state index >= 15 is 0 Å². The Balaban J connectivity index is 4.20. The fourth-order valence-corrected chi connectivity index (χ4v) is 5.13. The van der Waals surface area contributed by atoms with Crippen LogP contribution in [0.2, 0.25) is 0 Å². The Morgan fingerprint density at radius 3 is 1.68 bits per heavy atom. The van der Waals surface area contributed by atoms with E-state index in [1.807, 2.05) is 0 Å². The van der Waals surface area contributed by atoms with E-state index in [1.165, 1.54) is 64.2 Å². The molecule has 0 aliphatic carbocycles. The van der Waals surface area contributed by atoms with Gasteiger partial charge in [0.1, 0.15) is 6.10 Å². The summed E-state index contributed by atoms with van der Waals surface area (Å²) >= 11 is 0. The van der Waals surface area contributed by atoms with Crippen LogP contribution in [-0.4, -0.2) is 60.9 Å². The average molecular weight is 570 g/mol. The van der Waals surface area contributed by atoms with E-state index in [1.54, 1.807) is 0 Å². The van der Waals surface area contributed by atoms with E-state index in [-0.39, 0.29) is 24.6 Å². The number of ether oxygens (including phenoxy) is 2. The fraction of sp³-hybridized carbons (Fsp3) is 0.941. The molecular weight excluding hydrogens is 502 g/mol. The Morgan fingerprint density at radius 1 is 0.575 bits per heavy atom. The molecule has 0 aliphatic heterocycles. The molecule has 0 unspecified atom stereocenters. The minimum atomic E-state index is -0.121. The molecule has 0 atom stereocenters. The Bertz CT molecular complexity index is 540. The maximum Gasteiger partial charge on any atom is 0.306 e. The van der Waals surface area contributed by atoms with Gasteiger partial charge in [-0.2, -0.15) is 0 Å². The maximum atomic E-state index is 12.6. The molecule has 0 aromatic carbocycles. The van der Waals surface area contributed by atoms with Crippen molar-refractivity contribution in [2.75, 3.05) is 32.8 Å². The Morgan fingerprint density at radius 2 is 1.07 bits per heavy atom. The van der Waals surface area contributed by atoms with E-state index < -0.39 is 0 Å². The van der Waals surface area contributed by atoms with Crippen LogP contribution in [0.3, 0.4) is 0 Å². The number of aliphatic hydroxyl groups excluding tert-OH is 1. The molecular formula is C34H67NO5. The Kier molecular flexibility index (Phi) is 29.9. The van der Waals surface area contributed by atoms with E-state index in [2.05, 4.69) is 25.7 Å². The number of carbonyl (C=O) groups excluding carboxylic acids is 2. The van der Waals surface area contributed by atoms with Gasteiger partial charge in [-0.1, -0.05) is 104 Å². The first-order chi connectivity index (χ1) is 19.6. The molecule has 6 nitrogen and oxygen atoms in total. The van der Waals surface area contributed by atoms with Gasteiger partial charge in [0.15, 0.2) is 0 Å². The zero-order chi connectivity index (χ0) is 29.5. The van der Waals surface area contributed by atoms with Crippen LogP contribution in [0.25, 0.3) is 0 Å². The summed E-state index contributed by atoms with van der Waals surface area (Å²) in [6, 6.07) is 0. The zero-order valence-corrected chi connectivity index (χ0v) is 26.9. The second kappa shape index (κ2) is 30.8. The highest BCUT2D eigenvalue weighted by molar-refractivity contribution is 5.69. The summed E-state index contributed by atoms with van der Waals surface area (Å²) in [4.78, 5) is 26.7. The quantitative estimate of drug-likeness (QED) is 0.0664. The summed E-state index contributed by atoms with van der Waals surface area (Å²) in [5.41, 5.74) is 0. The standard InChI is InChI=1S/C34H67NO5/c1-4-7-10-12-14-17-23-32(24-18-15-13-11-8-5-2)40-34(38)25-19-16-20-27-35(29-30-36)28-22-26-33(37)39-31-21-9-6-3/h32,36H,4-31H2,1-3H3. The van der Waals surface area contributed by atoms with Crippen molar-refractivity contribution in [3.05, 3.63) is 0 Å². The van der Waals surface area contributed by atoms with Crippen LogP contribution in [0, 0.1) is 0 Å². The van der Waals surface area contributed by atoms with Crippen molar-refractivity contribution in [3.8, 4) is 0 Å². The van der Waals surface area contributed by atoms with Gasteiger partial charge in [-0.3, -0.25) is 9.59 Å². The van der Waals surface area contributed by atoms with Crippen LogP contribution >= 0.6 is 0 Å². The van der Waals surface area contributed by atoms with Crippen molar-refractivity contribution >= 4 is 11.9 Å². The molecule has 0 saturated heterocycles. The third-order valence-electron chi connectivity index (χ3n) is 7.70. The molecule has 6 heteroatoms. The van der Waals surface area contributed by atoms with Crippen molar-refractivity contribution < 1.29 is 24.2 Å². The number of rotatable bonds is 31. The van der Waals surface area contributed by atoms with Gasteiger partial charge in [0.25, 0.3) is 0 Å². The topological polar surface area (TPSA) is 76.1 Å². The van der Waals surface area contributed by atoms with Crippen molar-refractivity contribution in [3.63, 3.8) is 0 Å². The van der Waals surface area contributed by atoms with Crippen LogP contribution in [0.1, 0.15) is 168 Å². The second-order valence-electron chi connectivity index (χ2n) is 11.6. The van der Waals surface area contributed by atoms with Crippen LogP contribution in [-0.2, 0) is 19.1 Å². The summed E-state index contributed by atoms with van der Waals surface area (Å²) in [7, 11) is 0. The third kappa shape index (κ3) is 27.1. The van der Waals surface area contributed by atoms with E-state index in [9.17, 15) is 14.7 Å². The number of esters is 2. The minimum absolute atomic E-state index is 0.0355. The van der Waals surface area contributed by atoms with Crippen LogP contribution < -0.4 is 0 Å². The molecule has 0 bridgehead atoms. The molecule has 238 valence electrons. The van der Waals surface area contributed by atoms with Gasteiger partial charge in [-0.05, 0) is 64.5 Å². The largest absolute Gasteiger partial charge is 0.466 e. The average Bonchev–Trinajstić information content (AvgIpc) is 2.94. The lowest BCUT2D eigenvalue weighted by atomic mass is 10.0. The smallest absolute Gasteiger partial charge is 0.306 e. The Hall–Kier alpha value is -1.14. The minimum Gasteiger partial charge on any atom is -0.466 e. The molecule has 40 heavy (non-hydrogen) atoms. The second-order valence-corrected chi connectivity index (χ2v) is 11.6. The van der Waals surface area contributed by atoms with Crippen LogP contribution in [0.5, 0.6) is 0 Å². The molecule has 0 rings (SSSR count). The monoisotopic (exact) mass is 570 g/mol. The molecule has 0 aromatic heterocycles. The van der Waals surface area contributed by atoms with Crippen molar-refractivity contribution in [2.45, 2.75) is 175 Å². The first-order valence-electron chi connectivity index (χ1n) is 17.3. The van der Waals surface area contributed by atoms with Crippen molar-refractivity contribution in [2.24, 2.45) is 0 Å². The molecule has 0 fully saturated rings. The highest BCUT2D eigenvalue weighted by Gasteiger charge is 2.14. The van der Waals surface area contributed by atoms with Crippen molar-refractivity contribution in [1.29, 1.82) is 0 Å². The molecule has 0 aliphatic rings. The summed E-state index contributed by atoms with van der Waals surface area (Å²) in [5.74, 6) is -0.156.